The quantitative estimate of drug-likeness (QED) is 0.506. The molecule has 0 bridgehead atoms. The number of nitrogens with one attached hydrogen (secondary N) is 2. The van der Waals surface area contributed by atoms with Crippen LogP contribution in [0.25, 0.3) is 0 Å². The Morgan fingerprint density at radius 2 is 2.00 bits per heavy atom. The molecule has 2 atom stereocenters. The molecule has 0 fully saturated rings. The van der Waals surface area contributed by atoms with Gasteiger partial charge in [-0.1, -0.05) is 26.8 Å². The number of hydrogen-bond acceptors (Lipinski definition) is 4. The fraction of sp³-hybridized carbons (Fsp3) is 0.545. The molecule has 1 aliphatic carbocycles. The molecular weight excluding hydrogens is 340 g/mol. The summed E-state index contributed by atoms with van der Waals surface area (Å²) in [6.45, 7) is 12.0. The van der Waals surface area contributed by atoms with Gasteiger partial charge in [-0.25, -0.2) is 0 Å². The van der Waals surface area contributed by atoms with Crippen molar-refractivity contribution in [1.82, 2.24) is 5.32 Å². The van der Waals surface area contributed by atoms with Gasteiger partial charge in [0.1, 0.15) is 17.1 Å². The van der Waals surface area contributed by atoms with E-state index in [1.54, 1.807) is 6.92 Å². The summed E-state index contributed by atoms with van der Waals surface area (Å²) in [4.78, 5) is 12.4. The Morgan fingerprint density at radius 1 is 1.33 bits per heavy atom. The van der Waals surface area contributed by atoms with Crippen molar-refractivity contribution in [2.75, 3.05) is 0 Å². The third-order valence-electron chi connectivity index (χ3n) is 5.76. The van der Waals surface area contributed by atoms with Crippen LogP contribution in [0.3, 0.4) is 0 Å². The standard InChI is InChI=1S/C22H30N2O3/c1-12(23)24-20(26)13-7-8-16-15(9-13)19-17(25)10-14(21(2,3)4)11-18(19)27-22(16,5)6/h7,10-11,15-16,25H,8-9H2,1-6H3,(H2,23,24,26)/t15?,16-/m1/s1. The summed E-state index contributed by atoms with van der Waals surface area (Å²) in [7, 11) is 0. The van der Waals surface area contributed by atoms with Gasteiger partial charge in [-0.3, -0.25) is 10.2 Å². The van der Waals surface area contributed by atoms with Crippen LogP contribution in [0.2, 0.25) is 0 Å². The Morgan fingerprint density at radius 3 is 2.59 bits per heavy atom. The van der Waals surface area contributed by atoms with Crippen LogP contribution in [0.1, 0.15) is 71.4 Å². The molecule has 1 unspecified atom stereocenters. The highest BCUT2D eigenvalue weighted by Gasteiger charge is 2.47. The SMILES string of the molecule is CC(=N)NC(=O)C1=CC[C@@H]2C(C1)c1c(O)cc(C(C)(C)C)cc1OC2(C)C. The van der Waals surface area contributed by atoms with Crippen LogP contribution in [-0.4, -0.2) is 22.5 Å². The number of benzene rings is 1. The second kappa shape index (κ2) is 6.39. The predicted octanol–water partition coefficient (Wildman–Crippen LogP) is 4.39. The second-order valence-electron chi connectivity index (χ2n) is 9.32. The van der Waals surface area contributed by atoms with Gasteiger partial charge in [0.15, 0.2) is 0 Å². The van der Waals surface area contributed by atoms with Crippen LogP contribution in [0.4, 0.5) is 0 Å². The van der Waals surface area contributed by atoms with Gasteiger partial charge in [0.05, 0.1) is 5.84 Å². The normalized spacial score (nSPS) is 23.4. The first-order chi connectivity index (χ1) is 12.4. The second-order valence-corrected chi connectivity index (χ2v) is 9.32. The third kappa shape index (κ3) is 3.60. The maximum Gasteiger partial charge on any atom is 0.252 e. The number of hydrogen-bond donors (Lipinski definition) is 3. The third-order valence-corrected chi connectivity index (χ3v) is 5.76. The van der Waals surface area contributed by atoms with Gasteiger partial charge < -0.3 is 15.2 Å². The number of fused-ring (bicyclic) bond motifs is 3. The number of rotatable bonds is 1. The predicted molar refractivity (Wildman–Crippen MR) is 107 cm³/mol. The van der Waals surface area contributed by atoms with Gasteiger partial charge in [-0.15, -0.1) is 0 Å². The van der Waals surface area contributed by atoms with E-state index < -0.39 is 5.60 Å². The first-order valence-electron chi connectivity index (χ1n) is 9.52. The molecule has 1 heterocycles. The van der Waals surface area contributed by atoms with E-state index >= 15 is 0 Å². The first-order valence-corrected chi connectivity index (χ1v) is 9.52. The summed E-state index contributed by atoms with van der Waals surface area (Å²) in [6.07, 6.45) is 3.19. The van der Waals surface area contributed by atoms with Crippen molar-refractivity contribution < 1.29 is 14.6 Å². The number of aromatic hydroxyl groups is 1. The first kappa shape index (κ1) is 19.5. The van der Waals surface area contributed by atoms with Gasteiger partial charge in [-0.05, 0) is 56.7 Å². The summed E-state index contributed by atoms with van der Waals surface area (Å²) in [5.74, 6) is 1.05. The van der Waals surface area contributed by atoms with Gasteiger partial charge in [0.2, 0.25) is 0 Å². The molecule has 146 valence electrons. The average Bonchev–Trinajstić information content (AvgIpc) is 2.51. The van der Waals surface area contributed by atoms with E-state index in [1.165, 1.54) is 0 Å². The van der Waals surface area contributed by atoms with Crippen LogP contribution in [0.5, 0.6) is 11.5 Å². The summed E-state index contributed by atoms with van der Waals surface area (Å²) in [5, 5.41) is 20.9. The van der Waals surface area contributed by atoms with E-state index in [0.29, 0.717) is 18.4 Å². The molecule has 3 N–H and O–H groups in total. The summed E-state index contributed by atoms with van der Waals surface area (Å²) < 4.78 is 6.34. The summed E-state index contributed by atoms with van der Waals surface area (Å²) >= 11 is 0. The van der Waals surface area contributed by atoms with Crippen molar-refractivity contribution in [3.05, 3.63) is 34.9 Å². The van der Waals surface area contributed by atoms with Crippen LogP contribution in [0, 0.1) is 11.3 Å². The van der Waals surface area contributed by atoms with E-state index in [-0.39, 0.29) is 34.7 Å². The number of phenolic OH excluding ortho intramolecular Hbond substituents is 1. The van der Waals surface area contributed by atoms with Gasteiger partial charge in [0.25, 0.3) is 5.91 Å². The minimum atomic E-state index is -0.392. The average molecular weight is 370 g/mol. The van der Waals surface area contributed by atoms with Gasteiger partial charge >= 0.3 is 0 Å². The topological polar surface area (TPSA) is 82.4 Å². The van der Waals surface area contributed by atoms with Crippen molar-refractivity contribution in [3.8, 4) is 11.5 Å². The van der Waals surface area contributed by atoms with E-state index in [9.17, 15) is 9.90 Å². The summed E-state index contributed by atoms with van der Waals surface area (Å²) in [5.41, 5.74) is 2.01. The Hall–Kier alpha value is -2.30. The van der Waals surface area contributed by atoms with E-state index in [2.05, 4.69) is 39.9 Å². The number of carbonyl (C=O) groups excluding carboxylic acids is 1. The molecule has 0 aromatic heterocycles. The number of amides is 1. The molecule has 0 radical (unpaired) electrons. The highest BCUT2D eigenvalue weighted by atomic mass is 16.5. The van der Waals surface area contributed by atoms with Gasteiger partial charge in [-0.2, -0.15) is 0 Å². The highest BCUT2D eigenvalue weighted by molar-refractivity contribution is 6.04. The molecule has 2 aliphatic rings. The van der Waals surface area contributed by atoms with Crippen molar-refractivity contribution in [1.29, 1.82) is 5.41 Å². The highest BCUT2D eigenvalue weighted by Crippen LogP contribution is 2.54. The van der Waals surface area contributed by atoms with Crippen molar-refractivity contribution in [2.45, 2.75) is 71.3 Å². The lowest BCUT2D eigenvalue weighted by molar-refractivity contribution is -0.116. The van der Waals surface area contributed by atoms with E-state index in [1.807, 2.05) is 18.2 Å². The Labute approximate surface area is 161 Å². The van der Waals surface area contributed by atoms with Crippen molar-refractivity contribution in [3.63, 3.8) is 0 Å². The molecular formula is C22H30N2O3. The number of amidine groups is 1. The van der Waals surface area contributed by atoms with Crippen LogP contribution in [0.15, 0.2) is 23.8 Å². The minimum absolute atomic E-state index is 0.00885. The Balaban J connectivity index is 2.05. The Kier molecular flexibility index (Phi) is 4.61. The largest absolute Gasteiger partial charge is 0.508 e. The molecule has 0 spiro atoms. The molecule has 1 aliphatic heterocycles. The van der Waals surface area contributed by atoms with Crippen LogP contribution < -0.4 is 10.1 Å². The molecule has 1 amide bonds. The monoisotopic (exact) mass is 370 g/mol. The van der Waals surface area contributed by atoms with E-state index in [4.69, 9.17) is 10.1 Å². The van der Waals surface area contributed by atoms with Crippen LogP contribution >= 0.6 is 0 Å². The fourth-order valence-corrected chi connectivity index (χ4v) is 4.26. The lowest BCUT2D eigenvalue weighted by atomic mass is 9.66. The van der Waals surface area contributed by atoms with E-state index in [0.717, 1.165) is 16.9 Å². The van der Waals surface area contributed by atoms with Crippen molar-refractivity contribution >= 4 is 11.7 Å². The lowest BCUT2D eigenvalue weighted by Crippen LogP contribution is -2.46. The Bertz CT molecular complexity index is 831. The maximum absolute atomic E-state index is 12.4. The zero-order chi connectivity index (χ0) is 20.1. The number of allylic oxidation sites excluding steroid dienone is 1. The molecule has 0 saturated carbocycles. The molecule has 3 rings (SSSR count). The molecule has 0 saturated heterocycles. The van der Waals surface area contributed by atoms with Crippen LogP contribution in [-0.2, 0) is 10.2 Å². The zero-order valence-corrected chi connectivity index (χ0v) is 17.1. The number of ether oxygens (including phenoxy) is 1. The number of carbonyl (C=O) groups is 1. The zero-order valence-electron chi connectivity index (χ0n) is 17.1. The molecule has 5 nitrogen and oxygen atoms in total. The van der Waals surface area contributed by atoms with Crippen molar-refractivity contribution in [2.24, 2.45) is 5.92 Å². The smallest absolute Gasteiger partial charge is 0.252 e. The molecule has 1 aromatic rings. The van der Waals surface area contributed by atoms with Gasteiger partial charge in [0, 0.05) is 23.0 Å². The minimum Gasteiger partial charge on any atom is -0.508 e. The number of phenols is 1. The maximum atomic E-state index is 12.4. The molecule has 1 aromatic carbocycles. The lowest BCUT2D eigenvalue weighted by Gasteiger charge is -2.47. The fourth-order valence-electron chi connectivity index (χ4n) is 4.26. The summed E-state index contributed by atoms with van der Waals surface area (Å²) in [6, 6.07) is 3.87. The molecule has 27 heavy (non-hydrogen) atoms. The molecule has 5 heteroatoms.